The number of hydrogen-bond acceptors (Lipinski definition) is 6. The normalized spacial score (nSPS) is 15.6. The van der Waals surface area contributed by atoms with Gasteiger partial charge in [-0.15, -0.1) is 5.10 Å². The van der Waals surface area contributed by atoms with Gasteiger partial charge in [0.1, 0.15) is 10.7 Å². The fourth-order valence-corrected chi connectivity index (χ4v) is 6.29. The number of fused-ring (bicyclic) bond motifs is 3. The summed E-state index contributed by atoms with van der Waals surface area (Å²) < 4.78 is 33.1. The van der Waals surface area contributed by atoms with Crippen molar-refractivity contribution >= 4 is 32.6 Å². The number of aromatic nitrogens is 5. The fraction of sp³-hybridized carbons (Fsp3) is 0.321. The largest absolute Gasteiger partial charge is 0.381 e. The van der Waals surface area contributed by atoms with Crippen LogP contribution in [-0.4, -0.2) is 46.2 Å². The van der Waals surface area contributed by atoms with Crippen molar-refractivity contribution in [1.82, 2.24) is 24.5 Å². The molecule has 0 bridgehead atoms. The Morgan fingerprint density at radius 1 is 1.05 bits per heavy atom. The molecular weight excluding hydrogens is 486 g/mol. The molecule has 8 nitrogen and oxygen atoms in total. The molecule has 2 aromatic carbocycles. The minimum Gasteiger partial charge on any atom is -0.381 e. The summed E-state index contributed by atoms with van der Waals surface area (Å²) in [5, 5.41) is 9.45. The van der Waals surface area contributed by atoms with Gasteiger partial charge < -0.3 is 9.30 Å². The summed E-state index contributed by atoms with van der Waals surface area (Å²) >= 11 is 0. The molecule has 5 aromatic rings. The zero-order valence-corrected chi connectivity index (χ0v) is 21.8. The van der Waals surface area contributed by atoms with E-state index in [1.165, 1.54) is 5.56 Å². The average molecular weight is 516 g/mol. The van der Waals surface area contributed by atoms with Crippen molar-refractivity contribution < 1.29 is 13.2 Å². The van der Waals surface area contributed by atoms with Crippen molar-refractivity contribution in [2.24, 2.45) is 13.0 Å². The lowest BCUT2D eigenvalue weighted by Gasteiger charge is -2.33. The molecule has 9 heteroatoms. The third kappa shape index (κ3) is 4.32. The van der Waals surface area contributed by atoms with Gasteiger partial charge in [0, 0.05) is 37.4 Å². The maximum atomic E-state index is 11.6. The second-order valence-corrected chi connectivity index (χ2v) is 10.7. The maximum absolute atomic E-state index is 11.6. The molecule has 0 amide bonds. The van der Waals surface area contributed by atoms with E-state index < -0.39 is 10.7 Å². The van der Waals surface area contributed by atoms with Crippen molar-refractivity contribution in [2.75, 3.05) is 13.2 Å². The van der Waals surface area contributed by atoms with E-state index >= 15 is 0 Å². The van der Waals surface area contributed by atoms with E-state index in [9.17, 15) is 8.42 Å². The molecule has 6 rings (SSSR count). The lowest BCUT2D eigenvalue weighted by molar-refractivity contribution is 0.0553. The summed E-state index contributed by atoms with van der Waals surface area (Å²) in [6.45, 7) is 3.42. The van der Waals surface area contributed by atoms with Gasteiger partial charge in [-0.25, -0.2) is 13.1 Å². The van der Waals surface area contributed by atoms with Gasteiger partial charge in [-0.2, -0.15) is 0 Å². The Morgan fingerprint density at radius 3 is 2.54 bits per heavy atom. The molecule has 3 aromatic heterocycles. The Kier molecular flexibility index (Phi) is 6.26. The van der Waals surface area contributed by atoms with E-state index in [-0.39, 0.29) is 11.8 Å². The van der Waals surface area contributed by atoms with Crippen molar-refractivity contribution in [3.05, 3.63) is 77.6 Å². The molecular formula is C28H29N5O3S. The maximum Gasteiger partial charge on any atom is 0.144 e. The highest BCUT2D eigenvalue weighted by atomic mass is 32.2. The first-order valence-electron chi connectivity index (χ1n) is 12.5. The third-order valence-electron chi connectivity index (χ3n) is 7.42. The van der Waals surface area contributed by atoms with Crippen LogP contribution in [0, 0.1) is 12.8 Å². The SMILES string of the molecule is Cc1nnn(C)c1-c1cnc2c3ccc(C[SH](=O)=O)cc3n([C@H](c3ccccc3)C3CCOCC3)c2c1. The first-order valence-corrected chi connectivity index (χ1v) is 13.9. The highest BCUT2D eigenvalue weighted by Gasteiger charge is 2.30. The molecule has 0 N–H and O–H groups in total. The Morgan fingerprint density at radius 2 is 1.84 bits per heavy atom. The van der Waals surface area contributed by atoms with Crippen LogP contribution in [0.3, 0.4) is 0 Å². The molecule has 0 saturated carbocycles. The molecule has 1 atom stereocenters. The number of hydrogen-bond donors (Lipinski definition) is 1. The predicted molar refractivity (Wildman–Crippen MR) is 144 cm³/mol. The van der Waals surface area contributed by atoms with Gasteiger partial charge in [0.15, 0.2) is 0 Å². The second kappa shape index (κ2) is 9.72. The van der Waals surface area contributed by atoms with Crippen molar-refractivity contribution in [3.63, 3.8) is 0 Å². The molecule has 1 fully saturated rings. The molecule has 1 saturated heterocycles. The summed E-state index contributed by atoms with van der Waals surface area (Å²) in [6.07, 6.45) is 3.78. The number of thiol groups is 1. The summed E-state index contributed by atoms with van der Waals surface area (Å²) in [5.74, 6) is 0.372. The van der Waals surface area contributed by atoms with E-state index in [4.69, 9.17) is 9.72 Å². The molecule has 0 radical (unpaired) electrons. The number of aryl methyl sites for hydroxylation is 2. The average Bonchev–Trinajstić information content (AvgIpc) is 3.41. The van der Waals surface area contributed by atoms with Crippen LogP contribution >= 0.6 is 0 Å². The van der Waals surface area contributed by atoms with E-state index in [1.54, 1.807) is 4.68 Å². The summed E-state index contributed by atoms with van der Waals surface area (Å²) in [5.41, 5.74) is 7.62. The van der Waals surface area contributed by atoms with Gasteiger partial charge >= 0.3 is 0 Å². The summed E-state index contributed by atoms with van der Waals surface area (Å²) in [7, 11) is -0.643. The standard InChI is InChI=1S/C28H29N5O3S/c1-18-27(32(2)31-30-18)22-15-25-26(29-16-22)23-9-8-19(17-37(34)35)14-24(23)33(25)28(20-6-4-3-5-7-20)21-10-12-36-13-11-21/h3-9,14-16,21,28,37H,10-13,17H2,1-2H3/t28-/m1/s1. The van der Waals surface area contributed by atoms with Crippen LogP contribution in [0.5, 0.6) is 0 Å². The highest BCUT2D eigenvalue weighted by Crippen LogP contribution is 2.41. The van der Waals surface area contributed by atoms with Gasteiger partial charge in [0.2, 0.25) is 0 Å². The van der Waals surface area contributed by atoms with Gasteiger partial charge in [0.05, 0.1) is 39.7 Å². The number of benzene rings is 2. The number of pyridine rings is 1. The minimum absolute atomic E-state index is 0.0125. The van der Waals surface area contributed by atoms with Crippen molar-refractivity contribution in [2.45, 2.75) is 31.6 Å². The Labute approximate surface area is 216 Å². The quantitative estimate of drug-likeness (QED) is 0.337. The molecule has 1 aliphatic heterocycles. The third-order valence-corrected chi connectivity index (χ3v) is 8.04. The minimum atomic E-state index is -2.53. The van der Waals surface area contributed by atoms with Gasteiger partial charge in [0.25, 0.3) is 0 Å². The smallest absolute Gasteiger partial charge is 0.144 e. The monoisotopic (exact) mass is 515 g/mol. The van der Waals surface area contributed by atoms with Crippen LogP contribution in [0.4, 0.5) is 0 Å². The Hall–Kier alpha value is -3.56. The lowest BCUT2D eigenvalue weighted by Crippen LogP contribution is -2.26. The van der Waals surface area contributed by atoms with Gasteiger partial charge in [-0.1, -0.05) is 47.7 Å². The van der Waals surface area contributed by atoms with Crippen LogP contribution in [0.25, 0.3) is 33.2 Å². The fourth-order valence-electron chi connectivity index (χ4n) is 5.80. The van der Waals surface area contributed by atoms with Gasteiger partial charge in [-0.3, -0.25) is 4.98 Å². The topological polar surface area (TPSA) is 91.9 Å². The molecule has 0 aliphatic carbocycles. The van der Waals surface area contributed by atoms with Crippen molar-refractivity contribution in [1.29, 1.82) is 0 Å². The first kappa shape index (κ1) is 23.8. The zero-order valence-electron chi connectivity index (χ0n) is 20.9. The van der Waals surface area contributed by atoms with Crippen molar-refractivity contribution in [3.8, 4) is 11.3 Å². The number of nitrogens with zero attached hydrogens (tertiary/aromatic N) is 5. The van der Waals surface area contributed by atoms with Crippen LogP contribution in [-0.2, 0) is 28.2 Å². The number of ether oxygens (including phenoxy) is 1. The Bertz CT molecular complexity index is 1640. The molecule has 37 heavy (non-hydrogen) atoms. The lowest BCUT2D eigenvalue weighted by atomic mass is 9.86. The van der Waals surface area contributed by atoms with E-state index in [0.29, 0.717) is 5.92 Å². The molecule has 0 unspecified atom stereocenters. The number of rotatable bonds is 6. The molecule has 190 valence electrons. The Balaban J connectivity index is 1.67. The van der Waals surface area contributed by atoms with E-state index in [2.05, 4.69) is 45.2 Å². The molecule has 4 heterocycles. The molecule has 1 aliphatic rings. The summed E-state index contributed by atoms with van der Waals surface area (Å²) in [6, 6.07) is 18.7. The van der Waals surface area contributed by atoms with Crippen LogP contribution in [0.1, 0.15) is 35.7 Å². The van der Waals surface area contributed by atoms with Crippen LogP contribution in [0.15, 0.2) is 60.8 Å². The zero-order chi connectivity index (χ0) is 25.5. The van der Waals surface area contributed by atoms with Crippen LogP contribution in [0.2, 0.25) is 0 Å². The van der Waals surface area contributed by atoms with E-state index in [1.807, 2.05) is 44.4 Å². The second-order valence-electron chi connectivity index (χ2n) is 9.76. The van der Waals surface area contributed by atoms with E-state index in [0.717, 1.165) is 70.5 Å². The van der Waals surface area contributed by atoms with Gasteiger partial charge in [-0.05, 0) is 48.9 Å². The molecule has 0 spiro atoms. The summed E-state index contributed by atoms with van der Waals surface area (Å²) in [4.78, 5) is 4.95. The predicted octanol–water partition coefficient (Wildman–Crippen LogP) is 4.42. The van der Waals surface area contributed by atoms with Crippen LogP contribution < -0.4 is 0 Å². The first-order chi connectivity index (χ1) is 18.0. The highest BCUT2D eigenvalue weighted by molar-refractivity contribution is 7.71.